The van der Waals surface area contributed by atoms with Gasteiger partial charge >= 0.3 is 0 Å². The Morgan fingerprint density at radius 1 is 1.53 bits per heavy atom. The van der Waals surface area contributed by atoms with Gasteiger partial charge in [-0.3, -0.25) is 4.79 Å². The zero-order valence-electron chi connectivity index (χ0n) is 11.3. The van der Waals surface area contributed by atoms with E-state index in [4.69, 9.17) is 5.73 Å². The standard InChI is InChI=1S/C14H17N3OS/c1-7-4-5-8-10(15)11(19-13(8)16-7)12(18)17-9-6-14(9,2)3/h4-5,9H,6,15H2,1-3H3,(H,17,18). The highest BCUT2D eigenvalue weighted by Crippen LogP contribution is 2.45. The van der Waals surface area contributed by atoms with Gasteiger partial charge in [-0.2, -0.15) is 0 Å². The molecule has 1 saturated carbocycles. The number of aryl methyl sites for hydroxylation is 1. The van der Waals surface area contributed by atoms with Crippen LogP contribution in [-0.2, 0) is 0 Å². The molecule has 1 atom stereocenters. The number of thiophene rings is 1. The second kappa shape index (κ2) is 3.93. The lowest BCUT2D eigenvalue weighted by atomic mass is 10.2. The molecule has 3 N–H and O–H groups in total. The fraction of sp³-hybridized carbons (Fsp3) is 0.429. The lowest BCUT2D eigenvalue weighted by molar-refractivity contribution is 0.0951. The van der Waals surface area contributed by atoms with E-state index in [2.05, 4.69) is 24.1 Å². The number of carbonyl (C=O) groups excluding carboxylic acids is 1. The Labute approximate surface area is 116 Å². The first-order valence-corrected chi connectivity index (χ1v) is 7.16. The summed E-state index contributed by atoms with van der Waals surface area (Å²) in [5, 5.41) is 3.91. The van der Waals surface area contributed by atoms with Crippen LogP contribution < -0.4 is 11.1 Å². The van der Waals surface area contributed by atoms with Crippen molar-refractivity contribution < 1.29 is 4.79 Å². The Hall–Kier alpha value is -1.62. The number of hydrogen-bond donors (Lipinski definition) is 2. The second-order valence-electron chi connectivity index (χ2n) is 5.87. The second-order valence-corrected chi connectivity index (χ2v) is 6.87. The molecule has 1 fully saturated rings. The van der Waals surface area contributed by atoms with Crippen LogP contribution in [0.1, 0.15) is 35.6 Å². The minimum Gasteiger partial charge on any atom is -0.397 e. The molecular formula is C14H17N3OS. The minimum absolute atomic E-state index is 0.0753. The highest BCUT2D eigenvalue weighted by Gasteiger charge is 2.46. The number of nitrogen functional groups attached to an aromatic ring is 1. The van der Waals surface area contributed by atoms with Gasteiger partial charge in [-0.25, -0.2) is 4.98 Å². The number of nitrogens with two attached hydrogens (primary N) is 1. The maximum absolute atomic E-state index is 12.2. The summed E-state index contributed by atoms with van der Waals surface area (Å²) in [6.45, 7) is 6.23. The quantitative estimate of drug-likeness (QED) is 0.885. The molecule has 1 aliphatic rings. The maximum atomic E-state index is 12.2. The molecule has 2 aromatic rings. The van der Waals surface area contributed by atoms with Crippen LogP contribution in [0.2, 0.25) is 0 Å². The van der Waals surface area contributed by atoms with Crippen molar-refractivity contribution >= 4 is 33.1 Å². The largest absolute Gasteiger partial charge is 0.397 e. The molecule has 1 aliphatic carbocycles. The van der Waals surface area contributed by atoms with Crippen molar-refractivity contribution in [3.05, 3.63) is 22.7 Å². The molecule has 0 saturated heterocycles. The third kappa shape index (κ3) is 2.08. The first-order valence-electron chi connectivity index (χ1n) is 6.35. The van der Waals surface area contributed by atoms with Crippen LogP contribution in [0.25, 0.3) is 10.2 Å². The normalized spacial score (nSPS) is 20.5. The van der Waals surface area contributed by atoms with Crippen molar-refractivity contribution in [2.75, 3.05) is 5.73 Å². The molecule has 0 radical (unpaired) electrons. The van der Waals surface area contributed by atoms with Gasteiger partial charge in [-0.05, 0) is 30.9 Å². The van der Waals surface area contributed by atoms with E-state index >= 15 is 0 Å². The summed E-state index contributed by atoms with van der Waals surface area (Å²) in [4.78, 5) is 18.1. The van der Waals surface area contributed by atoms with Crippen molar-refractivity contribution in [1.82, 2.24) is 10.3 Å². The topological polar surface area (TPSA) is 68.0 Å². The Morgan fingerprint density at radius 2 is 2.21 bits per heavy atom. The Bertz CT molecular complexity index is 675. The number of anilines is 1. The SMILES string of the molecule is Cc1ccc2c(N)c(C(=O)NC3CC3(C)C)sc2n1. The van der Waals surface area contributed by atoms with Crippen LogP contribution in [0.4, 0.5) is 5.69 Å². The summed E-state index contributed by atoms with van der Waals surface area (Å²) in [6.07, 6.45) is 1.03. The van der Waals surface area contributed by atoms with Gasteiger partial charge in [0.2, 0.25) is 0 Å². The van der Waals surface area contributed by atoms with E-state index in [0.29, 0.717) is 10.6 Å². The summed E-state index contributed by atoms with van der Waals surface area (Å²) in [6, 6.07) is 4.11. The Kier molecular flexibility index (Phi) is 2.57. The fourth-order valence-corrected chi connectivity index (χ4v) is 3.24. The van der Waals surface area contributed by atoms with Gasteiger partial charge in [0, 0.05) is 17.1 Å². The van der Waals surface area contributed by atoms with Crippen LogP contribution >= 0.6 is 11.3 Å². The number of pyridine rings is 1. The molecule has 3 rings (SSSR count). The lowest BCUT2D eigenvalue weighted by Crippen LogP contribution is -2.28. The number of carbonyl (C=O) groups is 1. The molecule has 5 heteroatoms. The van der Waals surface area contributed by atoms with Gasteiger partial charge in [-0.15, -0.1) is 11.3 Å². The zero-order valence-corrected chi connectivity index (χ0v) is 12.1. The highest BCUT2D eigenvalue weighted by molar-refractivity contribution is 7.21. The molecule has 100 valence electrons. The molecule has 1 amide bonds. The molecule has 1 unspecified atom stereocenters. The first kappa shape index (κ1) is 12.4. The maximum Gasteiger partial charge on any atom is 0.263 e. The van der Waals surface area contributed by atoms with Crippen molar-refractivity contribution in [3.63, 3.8) is 0 Å². The summed E-state index contributed by atoms with van der Waals surface area (Å²) < 4.78 is 0. The van der Waals surface area contributed by atoms with Gasteiger partial charge in [0.15, 0.2) is 0 Å². The van der Waals surface area contributed by atoms with Gasteiger partial charge in [0.1, 0.15) is 9.71 Å². The molecule has 0 aromatic carbocycles. The fourth-order valence-electron chi connectivity index (χ4n) is 2.20. The zero-order chi connectivity index (χ0) is 13.8. The van der Waals surface area contributed by atoms with E-state index in [1.54, 1.807) is 0 Å². The average Bonchev–Trinajstić information content (AvgIpc) is 2.78. The van der Waals surface area contributed by atoms with E-state index < -0.39 is 0 Å². The van der Waals surface area contributed by atoms with E-state index in [1.807, 2.05) is 19.1 Å². The number of nitrogens with zero attached hydrogens (tertiary/aromatic N) is 1. The smallest absolute Gasteiger partial charge is 0.263 e. The summed E-state index contributed by atoms with van der Waals surface area (Å²) >= 11 is 1.37. The van der Waals surface area contributed by atoms with Crippen LogP contribution in [0.3, 0.4) is 0 Å². The molecular weight excluding hydrogens is 258 g/mol. The third-order valence-electron chi connectivity index (χ3n) is 3.76. The molecule has 0 aliphatic heterocycles. The van der Waals surface area contributed by atoms with Crippen LogP contribution in [0.5, 0.6) is 0 Å². The van der Waals surface area contributed by atoms with E-state index in [-0.39, 0.29) is 17.4 Å². The van der Waals surface area contributed by atoms with Gasteiger partial charge < -0.3 is 11.1 Å². The Balaban J connectivity index is 1.92. The lowest BCUT2D eigenvalue weighted by Gasteiger charge is -2.05. The van der Waals surface area contributed by atoms with Crippen LogP contribution in [-0.4, -0.2) is 16.9 Å². The van der Waals surface area contributed by atoms with Gasteiger partial charge in [0.25, 0.3) is 5.91 Å². The monoisotopic (exact) mass is 275 g/mol. The predicted molar refractivity (Wildman–Crippen MR) is 78.4 cm³/mol. The summed E-state index contributed by atoms with van der Waals surface area (Å²) in [7, 11) is 0. The number of fused-ring (bicyclic) bond motifs is 1. The highest BCUT2D eigenvalue weighted by atomic mass is 32.1. The first-order chi connectivity index (χ1) is 8.88. The van der Waals surface area contributed by atoms with Gasteiger partial charge in [0.05, 0.1) is 5.69 Å². The number of nitrogens with one attached hydrogen (secondary N) is 1. The predicted octanol–water partition coefficient (Wildman–Crippen LogP) is 2.72. The van der Waals surface area contributed by atoms with E-state index in [0.717, 1.165) is 22.3 Å². The summed E-state index contributed by atoms with van der Waals surface area (Å²) in [5.74, 6) is -0.0753. The van der Waals surface area contributed by atoms with Gasteiger partial charge in [-0.1, -0.05) is 13.8 Å². The van der Waals surface area contributed by atoms with Crippen molar-refractivity contribution in [2.24, 2.45) is 5.41 Å². The summed E-state index contributed by atoms with van der Waals surface area (Å²) in [5.41, 5.74) is 7.76. The number of rotatable bonds is 2. The number of amides is 1. The van der Waals surface area contributed by atoms with Crippen LogP contribution in [0.15, 0.2) is 12.1 Å². The van der Waals surface area contributed by atoms with Crippen LogP contribution in [0, 0.1) is 12.3 Å². The van der Waals surface area contributed by atoms with E-state index in [1.165, 1.54) is 11.3 Å². The van der Waals surface area contributed by atoms with Crippen molar-refractivity contribution in [3.8, 4) is 0 Å². The third-order valence-corrected chi connectivity index (χ3v) is 4.87. The molecule has 0 spiro atoms. The minimum atomic E-state index is -0.0753. The molecule has 19 heavy (non-hydrogen) atoms. The molecule has 4 nitrogen and oxygen atoms in total. The van der Waals surface area contributed by atoms with Crippen molar-refractivity contribution in [1.29, 1.82) is 0 Å². The molecule has 0 bridgehead atoms. The molecule has 2 aromatic heterocycles. The number of hydrogen-bond acceptors (Lipinski definition) is 4. The van der Waals surface area contributed by atoms with E-state index in [9.17, 15) is 4.79 Å². The Morgan fingerprint density at radius 3 is 2.84 bits per heavy atom. The average molecular weight is 275 g/mol. The molecule has 2 heterocycles. The number of aromatic nitrogens is 1. The van der Waals surface area contributed by atoms with Crippen molar-refractivity contribution in [2.45, 2.75) is 33.2 Å².